The minimum absolute atomic E-state index is 0.261. The first-order valence-electron chi connectivity index (χ1n) is 8.86. The lowest BCUT2D eigenvalue weighted by Crippen LogP contribution is -2.37. The van der Waals surface area contributed by atoms with E-state index in [-0.39, 0.29) is 10.8 Å². The predicted octanol–water partition coefficient (Wildman–Crippen LogP) is 3.66. The number of halogens is 1. The normalized spacial score (nSPS) is 11.2. The number of ether oxygens (including phenoxy) is 1. The Hall–Kier alpha value is -2.69. The predicted molar refractivity (Wildman–Crippen MR) is 119 cm³/mol. The lowest BCUT2D eigenvalue weighted by atomic mass is 10.2. The number of amides is 1. The Kier molecular flexibility index (Phi) is 6.91. The van der Waals surface area contributed by atoms with Gasteiger partial charge in [-0.3, -0.25) is 14.4 Å². The quantitative estimate of drug-likeness (QED) is 0.543. The summed E-state index contributed by atoms with van der Waals surface area (Å²) in [6.45, 7) is 1.72. The molecule has 3 aromatic rings. The average molecular weight is 467 g/mol. The summed E-state index contributed by atoms with van der Waals surface area (Å²) >= 11 is 7.06. The first kappa shape index (κ1) is 22.0. The molecule has 30 heavy (non-hydrogen) atoms. The lowest BCUT2D eigenvalue weighted by molar-refractivity contribution is -0.114. The van der Waals surface area contributed by atoms with Gasteiger partial charge in [-0.25, -0.2) is 8.42 Å². The van der Waals surface area contributed by atoms with Gasteiger partial charge in [0.1, 0.15) is 17.3 Å². The number of para-hydroxylation sites is 2. The molecule has 0 aliphatic rings. The molecule has 0 aliphatic carbocycles. The average Bonchev–Trinajstić information content (AvgIpc) is 3.15. The van der Waals surface area contributed by atoms with Crippen molar-refractivity contribution in [3.8, 4) is 16.3 Å². The van der Waals surface area contributed by atoms with Crippen molar-refractivity contribution in [2.24, 2.45) is 0 Å². The van der Waals surface area contributed by atoms with Crippen LogP contribution in [0.15, 0.2) is 48.5 Å². The molecule has 0 saturated heterocycles. The molecule has 1 heterocycles. The molecule has 158 valence electrons. The Morgan fingerprint density at radius 3 is 2.53 bits per heavy atom. The van der Waals surface area contributed by atoms with Crippen LogP contribution in [0.3, 0.4) is 0 Å². The van der Waals surface area contributed by atoms with Crippen molar-refractivity contribution in [2.45, 2.75) is 6.92 Å². The molecule has 1 amide bonds. The zero-order valence-corrected chi connectivity index (χ0v) is 18.6. The van der Waals surface area contributed by atoms with Gasteiger partial charge in [0.25, 0.3) is 0 Å². The monoisotopic (exact) mass is 466 g/mol. The number of anilines is 2. The second-order valence-corrected chi connectivity index (χ2v) is 9.46. The minimum Gasteiger partial charge on any atom is -0.492 e. The number of hydrogen-bond donors (Lipinski definition) is 1. The SMILES string of the molecule is CCOc1ccccc1N(CC(=O)Nc1nnc(-c2ccc(Cl)cc2)s1)S(C)(=O)=O. The second kappa shape index (κ2) is 9.41. The van der Waals surface area contributed by atoms with E-state index in [1.165, 1.54) is 11.3 Å². The fourth-order valence-electron chi connectivity index (χ4n) is 2.59. The summed E-state index contributed by atoms with van der Waals surface area (Å²) in [5.41, 5.74) is 1.09. The summed E-state index contributed by atoms with van der Waals surface area (Å²) in [6, 6.07) is 13.7. The molecular weight excluding hydrogens is 448 g/mol. The third kappa shape index (κ3) is 5.47. The lowest BCUT2D eigenvalue weighted by Gasteiger charge is -2.23. The molecule has 0 atom stereocenters. The Labute approximate surface area is 183 Å². The van der Waals surface area contributed by atoms with Crippen LogP contribution in [-0.2, 0) is 14.8 Å². The van der Waals surface area contributed by atoms with Crippen LogP contribution in [0.4, 0.5) is 10.8 Å². The fourth-order valence-corrected chi connectivity index (χ4v) is 4.35. The maximum atomic E-state index is 12.6. The second-order valence-electron chi connectivity index (χ2n) is 6.14. The van der Waals surface area contributed by atoms with Crippen LogP contribution in [-0.4, -0.2) is 43.9 Å². The van der Waals surface area contributed by atoms with Gasteiger partial charge in [0.2, 0.25) is 21.1 Å². The van der Waals surface area contributed by atoms with E-state index in [2.05, 4.69) is 15.5 Å². The van der Waals surface area contributed by atoms with Crippen LogP contribution in [0.25, 0.3) is 10.6 Å². The van der Waals surface area contributed by atoms with E-state index in [9.17, 15) is 13.2 Å². The Morgan fingerprint density at radius 1 is 1.17 bits per heavy atom. The molecular formula is C19H19ClN4O4S2. The van der Waals surface area contributed by atoms with Crippen molar-refractivity contribution in [3.63, 3.8) is 0 Å². The van der Waals surface area contributed by atoms with Gasteiger partial charge in [0, 0.05) is 10.6 Å². The van der Waals surface area contributed by atoms with Crippen molar-refractivity contribution in [2.75, 3.05) is 29.0 Å². The molecule has 2 aromatic carbocycles. The third-order valence-electron chi connectivity index (χ3n) is 3.88. The van der Waals surface area contributed by atoms with Gasteiger partial charge in [-0.1, -0.05) is 47.2 Å². The molecule has 0 aliphatic heterocycles. The molecule has 0 unspecified atom stereocenters. The number of carbonyl (C=O) groups excluding carboxylic acids is 1. The maximum absolute atomic E-state index is 12.6. The summed E-state index contributed by atoms with van der Waals surface area (Å²) in [5, 5.41) is 12.1. The molecule has 11 heteroatoms. The summed E-state index contributed by atoms with van der Waals surface area (Å²) in [6.07, 6.45) is 1.03. The zero-order chi connectivity index (χ0) is 21.7. The molecule has 0 saturated carbocycles. The van der Waals surface area contributed by atoms with Crippen molar-refractivity contribution >= 4 is 49.7 Å². The highest BCUT2D eigenvalue weighted by Gasteiger charge is 2.24. The van der Waals surface area contributed by atoms with E-state index in [0.717, 1.165) is 16.1 Å². The standard InChI is InChI=1S/C19H19ClN4O4S2/c1-3-28-16-7-5-4-6-15(16)24(30(2,26)27)12-17(25)21-19-23-22-18(29-19)13-8-10-14(20)11-9-13/h4-11H,3,12H2,1-2H3,(H,21,23,25). The van der Waals surface area contributed by atoms with Crippen LogP contribution in [0.2, 0.25) is 5.02 Å². The van der Waals surface area contributed by atoms with Gasteiger partial charge < -0.3 is 4.74 Å². The zero-order valence-electron chi connectivity index (χ0n) is 16.2. The van der Waals surface area contributed by atoms with Crippen LogP contribution < -0.4 is 14.4 Å². The van der Waals surface area contributed by atoms with E-state index in [1.807, 2.05) is 0 Å². The van der Waals surface area contributed by atoms with Crippen LogP contribution in [0, 0.1) is 0 Å². The maximum Gasteiger partial charge on any atom is 0.246 e. The topological polar surface area (TPSA) is 101 Å². The number of rotatable bonds is 8. The molecule has 3 rings (SSSR count). The van der Waals surface area contributed by atoms with E-state index in [1.54, 1.807) is 55.5 Å². The molecule has 0 spiro atoms. The van der Waals surface area contributed by atoms with E-state index in [4.69, 9.17) is 16.3 Å². The van der Waals surface area contributed by atoms with Crippen LogP contribution in [0.1, 0.15) is 6.92 Å². The number of nitrogens with zero attached hydrogens (tertiary/aromatic N) is 3. The number of carbonyl (C=O) groups is 1. The van der Waals surface area contributed by atoms with E-state index in [0.29, 0.717) is 22.4 Å². The molecule has 1 aromatic heterocycles. The largest absolute Gasteiger partial charge is 0.492 e. The number of aromatic nitrogens is 2. The van der Waals surface area contributed by atoms with Gasteiger partial charge >= 0.3 is 0 Å². The van der Waals surface area contributed by atoms with E-state index < -0.39 is 22.5 Å². The van der Waals surface area contributed by atoms with Crippen molar-refractivity contribution in [3.05, 3.63) is 53.6 Å². The highest BCUT2D eigenvalue weighted by molar-refractivity contribution is 7.92. The smallest absolute Gasteiger partial charge is 0.246 e. The van der Waals surface area contributed by atoms with Crippen molar-refractivity contribution < 1.29 is 17.9 Å². The van der Waals surface area contributed by atoms with Crippen molar-refractivity contribution in [1.29, 1.82) is 0 Å². The summed E-state index contributed by atoms with van der Waals surface area (Å²) in [4.78, 5) is 12.6. The molecule has 0 bridgehead atoms. The van der Waals surface area contributed by atoms with Crippen molar-refractivity contribution in [1.82, 2.24) is 10.2 Å². The van der Waals surface area contributed by atoms with Crippen LogP contribution in [0.5, 0.6) is 5.75 Å². The van der Waals surface area contributed by atoms with Gasteiger partial charge in [-0.2, -0.15) is 0 Å². The highest BCUT2D eigenvalue weighted by atomic mass is 35.5. The molecule has 1 N–H and O–H groups in total. The van der Waals surface area contributed by atoms with Gasteiger partial charge in [-0.15, -0.1) is 10.2 Å². The third-order valence-corrected chi connectivity index (χ3v) is 6.15. The minimum atomic E-state index is -3.74. The van der Waals surface area contributed by atoms with Gasteiger partial charge in [0.15, 0.2) is 0 Å². The molecule has 0 fully saturated rings. The molecule has 0 radical (unpaired) electrons. The fraction of sp³-hybridized carbons (Fsp3) is 0.211. The number of benzene rings is 2. The first-order valence-corrected chi connectivity index (χ1v) is 11.9. The summed E-state index contributed by atoms with van der Waals surface area (Å²) in [5.74, 6) is -0.176. The van der Waals surface area contributed by atoms with Gasteiger partial charge in [-0.05, 0) is 31.2 Å². The molecule has 8 nitrogen and oxygen atoms in total. The van der Waals surface area contributed by atoms with Crippen LogP contribution >= 0.6 is 22.9 Å². The number of sulfonamides is 1. The Balaban J connectivity index is 1.77. The number of hydrogen-bond acceptors (Lipinski definition) is 7. The Bertz CT molecular complexity index is 1130. The first-order chi connectivity index (χ1) is 14.3. The highest BCUT2D eigenvalue weighted by Crippen LogP contribution is 2.30. The summed E-state index contributed by atoms with van der Waals surface area (Å²) < 4.78 is 31.2. The summed E-state index contributed by atoms with van der Waals surface area (Å²) in [7, 11) is -3.74. The Morgan fingerprint density at radius 2 is 1.87 bits per heavy atom. The number of nitrogens with one attached hydrogen (secondary N) is 1. The van der Waals surface area contributed by atoms with Gasteiger partial charge in [0.05, 0.1) is 18.6 Å². The van der Waals surface area contributed by atoms with E-state index >= 15 is 0 Å².